The number of benzene rings is 1. The first-order chi connectivity index (χ1) is 11.0. The number of primary amides is 1. The van der Waals surface area contributed by atoms with Gasteiger partial charge in [-0.1, -0.05) is 12.5 Å². The van der Waals surface area contributed by atoms with Gasteiger partial charge in [-0.25, -0.2) is 0 Å². The van der Waals surface area contributed by atoms with Crippen molar-refractivity contribution in [2.75, 3.05) is 0 Å². The molecular formula is C18H19NO4. The first-order valence-electron chi connectivity index (χ1n) is 8.37. The third kappa shape index (κ3) is 1.31. The van der Waals surface area contributed by atoms with Crippen molar-refractivity contribution < 1.29 is 19.4 Å². The maximum absolute atomic E-state index is 12.6. The van der Waals surface area contributed by atoms with Gasteiger partial charge in [0.05, 0.1) is 16.6 Å². The molecule has 120 valence electrons. The van der Waals surface area contributed by atoms with Crippen LogP contribution in [0.1, 0.15) is 53.6 Å². The van der Waals surface area contributed by atoms with Gasteiger partial charge in [0, 0.05) is 12.0 Å². The van der Waals surface area contributed by atoms with Crippen LogP contribution in [0.2, 0.25) is 0 Å². The number of ether oxygens (including phenoxy) is 1. The molecule has 4 aliphatic rings. The van der Waals surface area contributed by atoms with Crippen LogP contribution in [0, 0.1) is 5.92 Å². The van der Waals surface area contributed by atoms with Crippen LogP contribution in [0.4, 0.5) is 0 Å². The van der Waals surface area contributed by atoms with Crippen molar-refractivity contribution in [1.82, 2.24) is 0 Å². The van der Waals surface area contributed by atoms with Crippen LogP contribution in [0.5, 0.6) is 5.75 Å². The minimum absolute atomic E-state index is 0.0368. The van der Waals surface area contributed by atoms with Gasteiger partial charge < -0.3 is 15.6 Å². The molecule has 2 saturated carbocycles. The average Bonchev–Trinajstić information content (AvgIpc) is 2.84. The Kier molecular flexibility index (Phi) is 2.33. The van der Waals surface area contributed by atoms with Gasteiger partial charge in [0.2, 0.25) is 0 Å². The summed E-state index contributed by atoms with van der Waals surface area (Å²) < 4.78 is 6.04. The van der Waals surface area contributed by atoms with Gasteiger partial charge in [-0.2, -0.15) is 0 Å². The number of amides is 1. The van der Waals surface area contributed by atoms with Crippen LogP contribution in [-0.2, 0) is 16.6 Å². The molecule has 5 rings (SSSR count). The lowest BCUT2D eigenvalue weighted by Crippen LogP contribution is -2.69. The number of Topliss-reactive ketones (excluding diaryl/α,β-unsaturated/α-hetero) is 1. The zero-order valence-electron chi connectivity index (χ0n) is 12.8. The average molecular weight is 313 g/mol. The number of carbonyl (C=O) groups excluding carboxylic acids is 2. The molecule has 1 aromatic rings. The quantitative estimate of drug-likeness (QED) is 0.816. The smallest absolute Gasteiger partial charge is 0.252 e. The van der Waals surface area contributed by atoms with E-state index in [1.807, 2.05) is 6.07 Å². The van der Waals surface area contributed by atoms with E-state index in [0.29, 0.717) is 24.2 Å². The Hall–Kier alpha value is -1.88. The van der Waals surface area contributed by atoms with Crippen LogP contribution in [0.3, 0.4) is 0 Å². The van der Waals surface area contributed by atoms with Gasteiger partial charge in [0.15, 0.2) is 11.9 Å². The van der Waals surface area contributed by atoms with E-state index in [4.69, 9.17) is 10.5 Å². The summed E-state index contributed by atoms with van der Waals surface area (Å²) in [6.45, 7) is 0. The van der Waals surface area contributed by atoms with Crippen molar-refractivity contribution in [3.05, 3.63) is 28.8 Å². The van der Waals surface area contributed by atoms with Gasteiger partial charge in [0.1, 0.15) is 5.75 Å². The molecule has 5 heteroatoms. The molecular weight excluding hydrogens is 294 g/mol. The summed E-state index contributed by atoms with van der Waals surface area (Å²) in [4.78, 5) is 24.4. The molecule has 23 heavy (non-hydrogen) atoms. The van der Waals surface area contributed by atoms with Gasteiger partial charge in [-0.3, -0.25) is 9.59 Å². The standard InChI is InChI=1S/C18H19NO4/c19-16(21)11-4-3-9-8-10-2-1-6-17-13(9)14(11)23-15(17)12(20)5-7-18(10,17)22/h3-4,10,15,22H,1-2,5-8H2,(H2,19,21)/t10-,15+,17+,18-/m1/s1. The normalized spacial score (nSPS) is 39.6. The van der Waals surface area contributed by atoms with E-state index in [1.54, 1.807) is 6.07 Å². The Morgan fingerprint density at radius 3 is 2.96 bits per heavy atom. The van der Waals surface area contributed by atoms with Crippen molar-refractivity contribution in [1.29, 1.82) is 0 Å². The minimum Gasteiger partial charge on any atom is -0.480 e. The van der Waals surface area contributed by atoms with E-state index in [2.05, 4.69) is 0 Å². The molecule has 2 bridgehead atoms. The highest BCUT2D eigenvalue weighted by atomic mass is 16.5. The zero-order chi connectivity index (χ0) is 16.0. The SMILES string of the molecule is NC(=O)c1ccc2c3c1O[C@H]1C(=O)CC[C@@]4(O)[C@H](CCC[C@]314)C2. The number of aliphatic hydroxyl groups is 1. The summed E-state index contributed by atoms with van der Waals surface area (Å²) in [5.41, 5.74) is 6.25. The lowest BCUT2D eigenvalue weighted by molar-refractivity contribution is -0.177. The molecule has 0 saturated heterocycles. The summed E-state index contributed by atoms with van der Waals surface area (Å²) >= 11 is 0. The highest BCUT2D eigenvalue weighted by molar-refractivity contribution is 5.98. The van der Waals surface area contributed by atoms with Gasteiger partial charge in [0.25, 0.3) is 5.91 Å². The monoisotopic (exact) mass is 313 g/mol. The van der Waals surface area contributed by atoms with Crippen molar-refractivity contribution in [3.8, 4) is 5.75 Å². The Balaban J connectivity index is 1.87. The van der Waals surface area contributed by atoms with E-state index in [1.165, 1.54) is 0 Å². The maximum Gasteiger partial charge on any atom is 0.252 e. The summed E-state index contributed by atoms with van der Waals surface area (Å²) in [5, 5.41) is 11.6. The maximum atomic E-state index is 12.6. The molecule has 3 N–H and O–H groups in total. The Bertz CT molecular complexity index is 773. The van der Waals surface area contributed by atoms with Crippen LogP contribution >= 0.6 is 0 Å². The van der Waals surface area contributed by atoms with Gasteiger partial charge >= 0.3 is 0 Å². The van der Waals surface area contributed by atoms with Crippen molar-refractivity contribution >= 4 is 11.7 Å². The fraction of sp³-hybridized carbons (Fsp3) is 0.556. The number of nitrogens with two attached hydrogens (primary N) is 1. The molecule has 2 fully saturated rings. The molecule has 1 aliphatic heterocycles. The lowest BCUT2D eigenvalue weighted by atomic mass is 9.45. The summed E-state index contributed by atoms with van der Waals surface area (Å²) in [5.74, 6) is 0.101. The first-order valence-corrected chi connectivity index (χ1v) is 8.37. The molecule has 0 radical (unpaired) electrons. The zero-order valence-corrected chi connectivity index (χ0v) is 12.8. The molecule has 1 amide bonds. The van der Waals surface area contributed by atoms with Gasteiger partial charge in [-0.05, 0) is 43.2 Å². The molecule has 1 heterocycles. The molecule has 1 spiro atoms. The van der Waals surface area contributed by atoms with Crippen LogP contribution in [0.25, 0.3) is 0 Å². The minimum atomic E-state index is -0.904. The molecule has 0 aromatic heterocycles. The largest absolute Gasteiger partial charge is 0.480 e. The fourth-order valence-corrected chi connectivity index (χ4v) is 5.84. The third-order valence-electron chi connectivity index (χ3n) is 6.72. The lowest BCUT2D eigenvalue weighted by Gasteiger charge is -2.59. The van der Waals surface area contributed by atoms with E-state index < -0.39 is 23.0 Å². The first kappa shape index (κ1) is 13.5. The highest BCUT2D eigenvalue weighted by Gasteiger charge is 2.71. The van der Waals surface area contributed by atoms with Crippen LogP contribution in [0.15, 0.2) is 12.1 Å². The van der Waals surface area contributed by atoms with Crippen molar-refractivity contribution in [3.63, 3.8) is 0 Å². The molecule has 4 atom stereocenters. The second-order valence-electron chi connectivity index (χ2n) is 7.49. The van der Waals surface area contributed by atoms with Crippen LogP contribution < -0.4 is 10.5 Å². The molecule has 0 unspecified atom stereocenters. The second-order valence-corrected chi connectivity index (χ2v) is 7.49. The second kappa shape index (κ2) is 3.96. The number of hydrogen-bond donors (Lipinski definition) is 2. The van der Waals surface area contributed by atoms with Crippen molar-refractivity contribution in [2.24, 2.45) is 11.7 Å². The Morgan fingerprint density at radius 2 is 2.17 bits per heavy atom. The van der Waals surface area contributed by atoms with E-state index in [0.717, 1.165) is 36.8 Å². The number of hydrogen-bond acceptors (Lipinski definition) is 4. The topological polar surface area (TPSA) is 89.6 Å². The predicted octanol–water partition coefficient (Wildman–Crippen LogP) is 1.23. The van der Waals surface area contributed by atoms with E-state index in [9.17, 15) is 14.7 Å². The number of rotatable bonds is 1. The number of ketones is 1. The van der Waals surface area contributed by atoms with Crippen molar-refractivity contribution in [2.45, 2.75) is 55.6 Å². The number of carbonyl (C=O) groups is 2. The summed E-state index contributed by atoms with van der Waals surface area (Å²) in [6, 6.07) is 3.64. The fourth-order valence-electron chi connectivity index (χ4n) is 5.84. The Morgan fingerprint density at radius 1 is 1.35 bits per heavy atom. The summed E-state index contributed by atoms with van der Waals surface area (Å²) in [6.07, 6.45) is 3.64. The third-order valence-corrected chi connectivity index (χ3v) is 6.72. The summed E-state index contributed by atoms with van der Waals surface area (Å²) in [7, 11) is 0. The van der Waals surface area contributed by atoms with Crippen LogP contribution in [-0.4, -0.2) is 28.5 Å². The highest BCUT2D eigenvalue weighted by Crippen LogP contribution is 2.65. The molecule has 5 nitrogen and oxygen atoms in total. The Labute approximate surface area is 133 Å². The predicted molar refractivity (Wildman–Crippen MR) is 81.3 cm³/mol. The molecule has 3 aliphatic carbocycles. The molecule has 1 aromatic carbocycles. The van der Waals surface area contributed by atoms with E-state index >= 15 is 0 Å². The van der Waals surface area contributed by atoms with Gasteiger partial charge in [-0.15, -0.1) is 0 Å². The van der Waals surface area contributed by atoms with E-state index in [-0.39, 0.29) is 11.7 Å².